The van der Waals surface area contributed by atoms with E-state index in [1.54, 1.807) is 21.3 Å². The van der Waals surface area contributed by atoms with Gasteiger partial charge in [0.15, 0.2) is 11.5 Å². The quantitative estimate of drug-likeness (QED) is 0.374. The van der Waals surface area contributed by atoms with Crippen LogP contribution in [-0.4, -0.2) is 75.7 Å². The molecular formula is C32H43ClN2O6. The molecule has 2 saturated heterocycles. The van der Waals surface area contributed by atoms with Gasteiger partial charge in [0.2, 0.25) is 17.6 Å². The van der Waals surface area contributed by atoms with Crippen LogP contribution in [-0.2, 0) is 19.9 Å². The molecule has 1 atom stereocenters. The molecule has 2 aromatic rings. The van der Waals surface area contributed by atoms with E-state index in [4.69, 9.17) is 18.9 Å². The lowest BCUT2D eigenvalue weighted by atomic mass is 9.76. The van der Waals surface area contributed by atoms with Crippen molar-refractivity contribution in [1.82, 2.24) is 9.80 Å². The standard InChI is InChI=1S/C32H42N2O6.ClH/c1-37-26-20-25(21-27(38-2)30(26)39-3)32(24-10-5-4-6-11-24)14-17-33(18-19-40-32)15-9-16-34-28(35)22-31(23-29(34)36)12-7-8-13-31;/h4-6,10-11,20-21H,7-9,12-19,22-23H2,1-3H3;1H. The summed E-state index contributed by atoms with van der Waals surface area (Å²) in [5.41, 5.74) is 1.26. The van der Waals surface area contributed by atoms with E-state index in [1.807, 2.05) is 30.3 Å². The molecule has 8 nitrogen and oxygen atoms in total. The van der Waals surface area contributed by atoms with Crippen LogP contribution in [0.5, 0.6) is 17.2 Å². The van der Waals surface area contributed by atoms with Gasteiger partial charge in [-0.15, -0.1) is 12.4 Å². The third-order valence-corrected chi connectivity index (χ3v) is 9.08. The minimum Gasteiger partial charge on any atom is -0.493 e. The van der Waals surface area contributed by atoms with Crippen molar-refractivity contribution in [2.24, 2.45) is 5.41 Å². The summed E-state index contributed by atoms with van der Waals surface area (Å²) >= 11 is 0. The number of hydrogen-bond donors (Lipinski definition) is 0. The van der Waals surface area contributed by atoms with Crippen LogP contribution in [0.3, 0.4) is 0 Å². The molecule has 3 fully saturated rings. The van der Waals surface area contributed by atoms with Crippen molar-refractivity contribution in [3.05, 3.63) is 53.6 Å². The number of methoxy groups -OCH3 is 3. The van der Waals surface area contributed by atoms with Crippen LogP contribution < -0.4 is 14.2 Å². The second kappa shape index (κ2) is 13.4. The van der Waals surface area contributed by atoms with Crippen LogP contribution in [0, 0.1) is 5.41 Å². The Morgan fingerprint density at radius 1 is 0.805 bits per heavy atom. The van der Waals surface area contributed by atoms with Crippen molar-refractivity contribution < 1.29 is 28.5 Å². The average molecular weight is 587 g/mol. The number of ether oxygens (including phenoxy) is 4. The van der Waals surface area contributed by atoms with Crippen LogP contribution in [0.15, 0.2) is 42.5 Å². The molecule has 224 valence electrons. The van der Waals surface area contributed by atoms with Gasteiger partial charge in [-0.3, -0.25) is 14.5 Å². The maximum Gasteiger partial charge on any atom is 0.229 e. The van der Waals surface area contributed by atoms with E-state index in [2.05, 4.69) is 17.0 Å². The van der Waals surface area contributed by atoms with Gasteiger partial charge in [0.1, 0.15) is 5.60 Å². The first-order chi connectivity index (χ1) is 19.4. The number of benzene rings is 2. The smallest absolute Gasteiger partial charge is 0.229 e. The van der Waals surface area contributed by atoms with Gasteiger partial charge in [-0.25, -0.2) is 0 Å². The molecule has 1 saturated carbocycles. The zero-order chi connectivity index (χ0) is 28.2. The van der Waals surface area contributed by atoms with Gasteiger partial charge in [-0.05, 0) is 60.9 Å². The molecule has 2 aliphatic heterocycles. The third kappa shape index (κ3) is 6.35. The molecule has 41 heavy (non-hydrogen) atoms. The Kier molecular flexibility index (Phi) is 10.2. The summed E-state index contributed by atoms with van der Waals surface area (Å²) < 4.78 is 23.6. The lowest BCUT2D eigenvalue weighted by molar-refractivity contribution is -0.153. The molecule has 9 heteroatoms. The molecule has 1 aliphatic carbocycles. The molecule has 3 aliphatic rings. The van der Waals surface area contributed by atoms with Gasteiger partial charge in [0.05, 0.1) is 27.9 Å². The molecule has 1 unspecified atom stereocenters. The van der Waals surface area contributed by atoms with Crippen molar-refractivity contribution in [3.8, 4) is 17.2 Å². The second-order valence-corrected chi connectivity index (χ2v) is 11.4. The van der Waals surface area contributed by atoms with Gasteiger partial charge < -0.3 is 23.8 Å². The van der Waals surface area contributed by atoms with Crippen molar-refractivity contribution >= 4 is 24.2 Å². The van der Waals surface area contributed by atoms with Crippen LogP contribution in [0.1, 0.15) is 62.5 Å². The van der Waals surface area contributed by atoms with Gasteiger partial charge in [-0.2, -0.15) is 0 Å². The maximum absolute atomic E-state index is 12.9. The van der Waals surface area contributed by atoms with E-state index in [9.17, 15) is 9.59 Å². The van der Waals surface area contributed by atoms with Gasteiger partial charge in [0, 0.05) is 32.5 Å². The lowest BCUT2D eigenvalue weighted by Gasteiger charge is -2.37. The van der Waals surface area contributed by atoms with E-state index in [0.717, 1.165) is 69.3 Å². The number of carbonyl (C=O) groups is 2. The highest BCUT2D eigenvalue weighted by atomic mass is 35.5. The van der Waals surface area contributed by atoms with Gasteiger partial charge >= 0.3 is 0 Å². The molecule has 0 bridgehead atoms. The molecule has 0 radical (unpaired) electrons. The molecular weight excluding hydrogens is 544 g/mol. The monoisotopic (exact) mass is 586 g/mol. The molecule has 2 aromatic carbocycles. The SMILES string of the molecule is COc1cc(C2(c3ccccc3)CCN(CCCN3C(=O)CC4(CCCC4)CC3=O)CCO2)cc(OC)c1OC.Cl. The summed E-state index contributed by atoms with van der Waals surface area (Å²) in [6.07, 6.45) is 6.85. The van der Waals surface area contributed by atoms with Crippen molar-refractivity contribution in [1.29, 1.82) is 0 Å². The lowest BCUT2D eigenvalue weighted by Crippen LogP contribution is -2.48. The first-order valence-electron chi connectivity index (χ1n) is 14.5. The third-order valence-electron chi connectivity index (χ3n) is 9.08. The Balaban J connectivity index is 0.00000387. The second-order valence-electron chi connectivity index (χ2n) is 11.4. The minimum atomic E-state index is -0.697. The predicted octanol–water partition coefficient (Wildman–Crippen LogP) is 5.20. The largest absolute Gasteiger partial charge is 0.493 e. The number of hydrogen-bond acceptors (Lipinski definition) is 7. The zero-order valence-electron chi connectivity index (χ0n) is 24.5. The summed E-state index contributed by atoms with van der Waals surface area (Å²) in [6.45, 7) is 3.39. The van der Waals surface area contributed by atoms with Crippen LogP contribution in [0.25, 0.3) is 0 Å². The number of likely N-dealkylation sites (tertiary alicyclic amines) is 1. The highest BCUT2D eigenvalue weighted by molar-refractivity contribution is 5.98. The molecule has 0 aromatic heterocycles. The van der Waals surface area contributed by atoms with E-state index in [-0.39, 0.29) is 29.6 Å². The van der Waals surface area contributed by atoms with Crippen molar-refractivity contribution in [2.75, 3.05) is 54.1 Å². The normalized spacial score (nSPS) is 22.8. The number of carbonyl (C=O) groups excluding carboxylic acids is 2. The highest BCUT2D eigenvalue weighted by Crippen LogP contribution is 2.48. The van der Waals surface area contributed by atoms with E-state index in [1.165, 1.54) is 4.90 Å². The van der Waals surface area contributed by atoms with E-state index >= 15 is 0 Å². The number of rotatable bonds is 9. The van der Waals surface area contributed by atoms with Gasteiger partial charge in [-0.1, -0.05) is 43.2 Å². The van der Waals surface area contributed by atoms with Crippen molar-refractivity contribution in [3.63, 3.8) is 0 Å². The molecule has 2 heterocycles. The number of imide groups is 1. The Morgan fingerprint density at radius 2 is 1.44 bits per heavy atom. The Morgan fingerprint density at radius 3 is 2.02 bits per heavy atom. The first kappa shape index (κ1) is 31.1. The average Bonchev–Trinajstić information content (AvgIpc) is 3.30. The number of halogens is 1. The molecule has 5 rings (SSSR count). The molecule has 2 amide bonds. The maximum atomic E-state index is 12.9. The van der Waals surface area contributed by atoms with Crippen LogP contribution in [0.2, 0.25) is 0 Å². The van der Waals surface area contributed by atoms with E-state index < -0.39 is 5.60 Å². The molecule has 0 N–H and O–H groups in total. The van der Waals surface area contributed by atoms with Crippen molar-refractivity contribution in [2.45, 2.75) is 57.0 Å². The fourth-order valence-corrected chi connectivity index (χ4v) is 6.93. The summed E-state index contributed by atoms with van der Waals surface area (Å²) in [7, 11) is 4.85. The van der Waals surface area contributed by atoms with E-state index in [0.29, 0.717) is 43.2 Å². The fourth-order valence-electron chi connectivity index (χ4n) is 6.93. The summed E-state index contributed by atoms with van der Waals surface area (Å²) in [5, 5.41) is 0. The zero-order valence-corrected chi connectivity index (χ0v) is 25.3. The van der Waals surface area contributed by atoms with Crippen LogP contribution >= 0.6 is 12.4 Å². The summed E-state index contributed by atoms with van der Waals surface area (Å²) in [5.74, 6) is 1.76. The predicted molar refractivity (Wildman–Crippen MR) is 159 cm³/mol. The minimum absolute atomic E-state index is 0. The Hall–Kier alpha value is -2.81. The summed E-state index contributed by atoms with van der Waals surface area (Å²) in [6, 6.07) is 14.2. The Labute approximate surface area is 249 Å². The number of piperidine rings is 1. The van der Waals surface area contributed by atoms with Gasteiger partial charge in [0.25, 0.3) is 0 Å². The first-order valence-corrected chi connectivity index (χ1v) is 14.5. The van der Waals surface area contributed by atoms with Crippen LogP contribution in [0.4, 0.5) is 0 Å². The topological polar surface area (TPSA) is 77.5 Å². The highest BCUT2D eigenvalue weighted by Gasteiger charge is 2.45. The molecule has 1 spiro atoms. The Bertz CT molecular complexity index is 1160. The number of amides is 2. The summed E-state index contributed by atoms with van der Waals surface area (Å²) in [4.78, 5) is 29.7. The fraction of sp³-hybridized carbons (Fsp3) is 0.562. The number of nitrogens with zero attached hydrogens (tertiary/aromatic N) is 2.